The molecular weight excluding hydrogens is 362 g/mol. The van der Waals surface area contributed by atoms with Crippen LogP contribution in [0.2, 0.25) is 5.02 Å². The average Bonchev–Trinajstić information content (AvgIpc) is 2.51. The van der Waals surface area contributed by atoms with E-state index in [9.17, 15) is 17.6 Å². The van der Waals surface area contributed by atoms with E-state index in [2.05, 4.69) is 14.7 Å². The molecule has 1 aliphatic rings. The van der Waals surface area contributed by atoms with Gasteiger partial charge in [0.2, 0.25) is 0 Å². The van der Waals surface area contributed by atoms with Crippen LogP contribution in [0.1, 0.15) is 12.5 Å². The highest BCUT2D eigenvalue weighted by molar-refractivity contribution is 6.30. The van der Waals surface area contributed by atoms with Gasteiger partial charge in [0.15, 0.2) is 12.1 Å². The van der Waals surface area contributed by atoms with Crippen LogP contribution in [0.4, 0.5) is 17.6 Å². The van der Waals surface area contributed by atoms with Crippen LogP contribution < -0.4 is 5.73 Å². The molecule has 0 spiro atoms. The fourth-order valence-corrected chi connectivity index (χ4v) is 2.77. The van der Waals surface area contributed by atoms with Crippen LogP contribution in [-0.4, -0.2) is 23.5 Å². The van der Waals surface area contributed by atoms with Crippen molar-refractivity contribution in [2.45, 2.75) is 18.4 Å². The number of halogens is 5. The third-order valence-corrected chi connectivity index (χ3v) is 4.25. The molecule has 3 rings (SSSR count). The number of ether oxygens (including phenoxy) is 1. The summed E-state index contributed by atoms with van der Waals surface area (Å²) in [6.07, 6.45) is 2.61. The summed E-state index contributed by atoms with van der Waals surface area (Å²) in [7, 11) is 0. The molecule has 0 amide bonds. The van der Waals surface area contributed by atoms with E-state index >= 15 is 0 Å². The lowest BCUT2D eigenvalue weighted by atomic mass is 9.83. The number of pyridine rings is 1. The maximum atomic E-state index is 14.4. The van der Waals surface area contributed by atoms with Crippen molar-refractivity contribution in [2.75, 3.05) is 6.61 Å². The van der Waals surface area contributed by atoms with E-state index in [0.29, 0.717) is 6.07 Å². The zero-order valence-electron chi connectivity index (χ0n) is 12.9. The Bertz CT molecular complexity index is 874. The Morgan fingerprint density at radius 3 is 2.56 bits per heavy atom. The van der Waals surface area contributed by atoms with Crippen LogP contribution in [0, 0.1) is 11.6 Å². The van der Waals surface area contributed by atoms with Crippen molar-refractivity contribution in [3.05, 3.63) is 52.8 Å². The van der Waals surface area contributed by atoms with Gasteiger partial charge in [-0.1, -0.05) is 11.6 Å². The van der Waals surface area contributed by atoms with Gasteiger partial charge in [-0.3, -0.25) is 4.98 Å². The molecule has 2 aromatic rings. The Hall–Kier alpha value is -2.35. The van der Waals surface area contributed by atoms with Gasteiger partial charge in [-0.2, -0.15) is 8.78 Å². The van der Waals surface area contributed by atoms with Gasteiger partial charge in [-0.15, -0.1) is 0 Å². The molecule has 2 heterocycles. The van der Waals surface area contributed by atoms with Crippen LogP contribution in [0.5, 0.6) is 0 Å². The van der Waals surface area contributed by atoms with E-state index in [0.717, 1.165) is 13.0 Å². The second-order valence-corrected chi connectivity index (χ2v) is 6.16. The molecule has 9 heteroatoms. The number of nitrogens with two attached hydrogens (primary N) is 1. The first-order valence-electron chi connectivity index (χ1n) is 7.10. The molecule has 25 heavy (non-hydrogen) atoms. The van der Waals surface area contributed by atoms with E-state index in [1.54, 1.807) is 0 Å². The molecule has 0 saturated carbocycles. The first kappa shape index (κ1) is 17.5. The summed E-state index contributed by atoms with van der Waals surface area (Å²) in [5, 5.41) is 0.215. The second-order valence-electron chi connectivity index (χ2n) is 5.72. The Morgan fingerprint density at radius 1 is 1.16 bits per heavy atom. The van der Waals surface area contributed by atoms with Crippen LogP contribution >= 0.6 is 11.6 Å². The number of hydrogen-bond donors (Lipinski definition) is 1. The Morgan fingerprint density at radius 2 is 1.88 bits per heavy atom. The predicted molar refractivity (Wildman–Crippen MR) is 84.5 cm³/mol. The topological polar surface area (TPSA) is 60.5 Å². The maximum Gasteiger partial charge on any atom is 0.310 e. The van der Waals surface area contributed by atoms with Crippen molar-refractivity contribution in [2.24, 2.45) is 10.7 Å². The summed E-state index contributed by atoms with van der Waals surface area (Å²) >= 11 is 5.82. The Balaban J connectivity index is 2.24. The van der Waals surface area contributed by atoms with Crippen molar-refractivity contribution >= 4 is 17.6 Å². The summed E-state index contributed by atoms with van der Waals surface area (Å²) in [4.78, 5) is 7.41. The monoisotopic (exact) mass is 373 g/mol. The summed E-state index contributed by atoms with van der Waals surface area (Å²) < 4.78 is 62.0. The van der Waals surface area contributed by atoms with Crippen LogP contribution in [0.25, 0.3) is 11.1 Å². The number of aromatic nitrogens is 1. The van der Waals surface area contributed by atoms with E-state index in [4.69, 9.17) is 17.3 Å². The lowest BCUT2D eigenvalue weighted by Crippen LogP contribution is -2.51. The van der Waals surface area contributed by atoms with Crippen molar-refractivity contribution in [3.63, 3.8) is 0 Å². The maximum absolute atomic E-state index is 14.4. The number of alkyl halides is 2. The largest absolute Gasteiger partial charge is 0.459 e. The summed E-state index contributed by atoms with van der Waals surface area (Å²) in [6, 6.07) is 2.38. The highest BCUT2D eigenvalue weighted by Crippen LogP contribution is 2.45. The standard InChI is InChI=1S/C16H12ClF4N3O/c1-15(16(20,21)7-25-14(22)24-15)11-3-10(12(18)4-13(11)19)8-2-9(17)6-23-5-8/h2-6H,7H2,1H3,(H2,22,24). The summed E-state index contributed by atoms with van der Waals surface area (Å²) in [6.45, 7) is -0.0532. The number of rotatable bonds is 2. The minimum Gasteiger partial charge on any atom is -0.459 e. The van der Waals surface area contributed by atoms with E-state index < -0.39 is 41.3 Å². The molecule has 1 unspecified atom stereocenters. The normalized spacial score (nSPS) is 22.2. The van der Waals surface area contributed by atoms with Gasteiger partial charge < -0.3 is 10.5 Å². The van der Waals surface area contributed by atoms with E-state index in [-0.39, 0.29) is 16.1 Å². The number of nitrogens with zero attached hydrogens (tertiary/aromatic N) is 2. The molecule has 0 aliphatic carbocycles. The zero-order chi connectivity index (χ0) is 18.4. The summed E-state index contributed by atoms with van der Waals surface area (Å²) in [5.41, 5.74) is 2.60. The number of hydrogen-bond acceptors (Lipinski definition) is 4. The van der Waals surface area contributed by atoms with E-state index in [1.165, 1.54) is 18.5 Å². The molecule has 1 aromatic carbocycles. The number of benzene rings is 1. The molecule has 0 bridgehead atoms. The molecule has 2 N–H and O–H groups in total. The molecule has 4 nitrogen and oxygen atoms in total. The Labute approximate surface area is 145 Å². The molecule has 1 aromatic heterocycles. The Kier molecular flexibility index (Phi) is 4.10. The fourth-order valence-electron chi connectivity index (χ4n) is 2.60. The van der Waals surface area contributed by atoms with Gasteiger partial charge in [0.25, 0.3) is 6.02 Å². The third kappa shape index (κ3) is 2.90. The van der Waals surface area contributed by atoms with Crippen molar-refractivity contribution < 1.29 is 22.3 Å². The minimum atomic E-state index is -3.56. The minimum absolute atomic E-state index is 0.135. The molecule has 1 atom stereocenters. The van der Waals surface area contributed by atoms with Gasteiger partial charge >= 0.3 is 5.92 Å². The smallest absolute Gasteiger partial charge is 0.310 e. The fraction of sp³-hybridized carbons (Fsp3) is 0.250. The average molecular weight is 374 g/mol. The first-order chi connectivity index (χ1) is 11.6. The molecule has 132 valence electrons. The number of aliphatic imine (C=N–C) groups is 1. The molecule has 0 fully saturated rings. The lowest BCUT2D eigenvalue weighted by Gasteiger charge is -2.37. The molecule has 0 radical (unpaired) electrons. The predicted octanol–water partition coefficient (Wildman–Crippen LogP) is 3.88. The van der Waals surface area contributed by atoms with Crippen molar-refractivity contribution in [3.8, 4) is 11.1 Å². The summed E-state index contributed by atoms with van der Waals surface area (Å²) in [5.74, 6) is -5.67. The quantitative estimate of drug-likeness (QED) is 0.813. The van der Waals surface area contributed by atoms with Gasteiger partial charge in [-0.05, 0) is 19.1 Å². The first-order valence-corrected chi connectivity index (χ1v) is 7.48. The van der Waals surface area contributed by atoms with Gasteiger partial charge in [0.1, 0.15) is 11.6 Å². The van der Waals surface area contributed by atoms with Crippen molar-refractivity contribution in [1.82, 2.24) is 4.98 Å². The van der Waals surface area contributed by atoms with Crippen molar-refractivity contribution in [1.29, 1.82) is 0 Å². The number of amidine groups is 1. The highest BCUT2D eigenvalue weighted by atomic mass is 35.5. The van der Waals surface area contributed by atoms with Crippen LogP contribution in [0.15, 0.2) is 35.6 Å². The third-order valence-electron chi connectivity index (χ3n) is 4.04. The molecule has 1 aliphatic heterocycles. The van der Waals surface area contributed by atoms with Gasteiger partial charge in [0.05, 0.1) is 5.02 Å². The van der Waals surface area contributed by atoms with Gasteiger partial charge in [0, 0.05) is 35.2 Å². The SMILES string of the molecule is CC1(c2cc(-c3cncc(Cl)c3)c(F)cc2F)N=C(N)OCC1(F)F. The molecular formula is C16H12ClF4N3O. The van der Waals surface area contributed by atoms with E-state index in [1.807, 2.05) is 0 Å². The second kappa shape index (κ2) is 5.87. The van der Waals surface area contributed by atoms with Gasteiger partial charge in [-0.25, -0.2) is 13.8 Å². The van der Waals surface area contributed by atoms with Crippen LogP contribution in [-0.2, 0) is 10.3 Å². The molecule has 0 saturated heterocycles. The zero-order valence-corrected chi connectivity index (χ0v) is 13.6. The highest BCUT2D eigenvalue weighted by Gasteiger charge is 2.56. The van der Waals surface area contributed by atoms with Crippen LogP contribution in [0.3, 0.4) is 0 Å². The lowest BCUT2D eigenvalue weighted by molar-refractivity contribution is -0.117.